The summed E-state index contributed by atoms with van der Waals surface area (Å²) in [6, 6.07) is 12.3. The van der Waals surface area contributed by atoms with Crippen LogP contribution in [0.25, 0.3) is 11.8 Å². The number of aryl methyl sites for hydroxylation is 1. The third-order valence-corrected chi connectivity index (χ3v) is 6.27. The molecule has 3 aromatic rings. The predicted octanol–water partition coefficient (Wildman–Crippen LogP) is 2.37. The zero-order chi connectivity index (χ0) is 24.6. The van der Waals surface area contributed by atoms with E-state index in [1.807, 2.05) is 6.07 Å². The number of benzene rings is 2. The van der Waals surface area contributed by atoms with Crippen LogP contribution in [0.4, 0.5) is 5.69 Å². The number of hydrogen-bond acceptors (Lipinski definition) is 7. The Balaban J connectivity index is 1.70. The molecule has 1 saturated heterocycles. The number of carboxylic acid groups (broad SMARTS) is 2. The molecule has 2 heterocycles. The number of hydrogen-bond donors (Lipinski definition) is 1. The van der Waals surface area contributed by atoms with Gasteiger partial charge < -0.3 is 29.7 Å². The number of carbonyl (C=O) groups excluding carboxylic acids is 3. The highest BCUT2D eigenvalue weighted by atomic mass is 35.5. The molecule has 0 aliphatic carbocycles. The second-order valence-corrected chi connectivity index (χ2v) is 8.93. The van der Waals surface area contributed by atoms with Gasteiger partial charge in [0.15, 0.2) is 5.17 Å². The van der Waals surface area contributed by atoms with E-state index in [1.165, 1.54) is 23.9 Å². The molecule has 1 aromatic heterocycles. The van der Waals surface area contributed by atoms with Crippen molar-refractivity contribution < 1.29 is 24.6 Å². The lowest BCUT2D eigenvalue weighted by Gasteiger charge is -2.15. The lowest BCUT2D eigenvalue weighted by Crippen LogP contribution is -2.26. The van der Waals surface area contributed by atoms with Crippen LogP contribution < -0.4 is 15.5 Å². The van der Waals surface area contributed by atoms with Crippen LogP contribution in [-0.4, -0.2) is 27.6 Å². The first kappa shape index (κ1) is 23.3. The number of carbonyl (C=O) groups is 3. The van der Waals surface area contributed by atoms with Gasteiger partial charge in [0.25, 0.3) is 5.91 Å². The zero-order valence-electron chi connectivity index (χ0n) is 17.9. The van der Waals surface area contributed by atoms with Crippen LogP contribution in [0.2, 0.25) is 5.02 Å². The van der Waals surface area contributed by atoms with Crippen molar-refractivity contribution in [3.8, 4) is 5.69 Å². The normalized spacial score (nSPS) is 15.7. The summed E-state index contributed by atoms with van der Waals surface area (Å²) in [4.78, 5) is 40.1. The monoisotopic (exact) mass is 493 g/mol. The molecule has 1 aliphatic rings. The van der Waals surface area contributed by atoms with Crippen molar-refractivity contribution in [2.45, 2.75) is 13.8 Å². The van der Waals surface area contributed by atoms with E-state index in [0.717, 1.165) is 6.07 Å². The van der Waals surface area contributed by atoms with E-state index in [0.29, 0.717) is 43.4 Å². The minimum absolute atomic E-state index is 0.280. The van der Waals surface area contributed by atoms with Gasteiger partial charge in [0.1, 0.15) is 0 Å². The number of rotatable bonds is 5. The van der Waals surface area contributed by atoms with Crippen LogP contribution >= 0.6 is 23.4 Å². The summed E-state index contributed by atoms with van der Waals surface area (Å²) < 4.78 is 1.70. The largest absolute Gasteiger partial charge is 0.545 e. The fourth-order valence-electron chi connectivity index (χ4n) is 3.56. The highest BCUT2D eigenvalue weighted by Gasteiger charge is 2.24. The molecular weight excluding hydrogens is 478 g/mol. The summed E-state index contributed by atoms with van der Waals surface area (Å²) in [5.41, 5.74) is 2.51. The molecule has 1 N–H and O–H groups in total. The fourth-order valence-corrected chi connectivity index (χ4v) is 4.52. The standard InChI is InChI=1S/C24H18ClN3O5S/c1-12-7-14(11-20-21(29)27-24(34-20)26-18-5-3-17(25)4-6-18)13(2)28(12)19-9-15(22(30)31)8-16(10-19)23(32)33/h3-11H,1-2H3,(H,30,31)(H,32,33)(H,26,27,29)/p-2/b20-11-. The molecule has 1 fully saturated rings. The summed E-state index contributed by atoms with van der Waals surface area (Å²) in [6.45, 7) is 3.57. The molecular formula is C24H16ClN3O5S-2. The third-order valence-electron chi connectivity index (χ3n) is 5.11. The molecule has 4 rings (SSSR count). The van der Waals surface area contributed by atoms with Crippen molar-refractivity contribution in [3.63, 3.8) is 0 Å². The number of carboxylic acids is 2. The van der Waals surface area contributed by atoms with E-state index in [2.05, 4.69) is 10.3 Å². The smallest absolute Gasteiger partial charge is 0.264 e. The van der Waals surface area contributed by atoms with Gasteiger partial charge >= 0.3 is 0 Å². The van der Waals surface area contributed by atoms with E-state index in [4.69, 9.17) is 11.6 Å². The molecule has 0 spiro atoms. The molecule has 0 atom stereocenters. The molecule has 10 heteroatoms. The molecule has 0 saturated carbocycles. The number of thioether (sulfide) groups is 1. The first-order chi connectivity index (χ1) is 16.1. The second kappa shape index (κ2) is 9.20. The number of nitrogens with zero attached hydrogens (tertiary/aromatic N) is 2. The number of amides is 1. The molecule has 0 bridgehead atoms. The van der Waals surface area contributed by atoms with Gasteiger partial charge in [-0.25, -0.2) is 4.99 Å². The Morgan fingerprint density at radius 1 is 1.03 bits per heavy atom. The first-order valence-electron chi connectivity index (χ1n) is 9.94. The lowest BCUT2D eigenvalue weighted by molar-refractivity contribution is -0.255. The SMILES string of the molecule is Cc1cc(/C=C2\SC(=Nc3ccc(Cl)cc3)NC2=O)c(C)n1-c1cc(C(=O)[O-])cc(C(=O)[O-])c1. The van der Waals surface area contributed by atoms with Crippen molar-refractivity contribution in [1.82, 2.24) is 9.88 Å². The van der Waals surface area contributed by atoms with Crippen LogP contribution in [-0.2, 0) is 4.79 Å². The average molecular weight is 494 g/mol. The van der Waals surface area contributed by atoms with Crippen LogP contribution in [0.1, 0.15) is 37.7 Å². The Labute approximate surface area is 203 Å². The van der Waals surface area contributed by atoms with E-state index in [9.17, 15) is 24.6 Å². The molecule has 0 radical (unpaired) electrons. The summed E-state index contributed by atoms with van der Waals surface area (Å²) in [6.07, 6.45) is 1.70. The molecule has 1 aliphatic heterocycles. The van der Waals surface area contributed by atoms with Crippen LogP contribution in [0.5, 0.6) is 0 Å². The number of aromatic carboxylic acids is 2. The van der Waals surface area contributed by atoms with Gasteiger partial charge in [-0.3, -0.25) is 4.79 Å². The molecule has 0 unspecified atom stereocenters. The van der Waals surface area contributed by atoms with Crippen molar-refractivity contribution in [2.75, 3.05) is 0 Å². The van der Waals surface area contributed by atoms with Gasteiger partial charge in [0.05, 0.1) is 22.5 Å². The van der Waals surface area contributed by atoms with E-state index >= 15 is 0 Å². The van der Waals surface area contributed by atoms with E-state index in [-0.39, 0.29) is 17.0 Å². The fraction of sp³-hybridized carbons (Fsp3) is 0.0833. The van der Waals surface area contributed by atoms with Gasteiger partial charge in [-0.15, -0.1) is 0 Å². The summed E-state index contributed by atoms with van der Waals surface area (Å²) >= 11 is 7.07. The predicted molar refractivity (Wildman–Crippen MR) is 126 cm³/mol. The highest BCUT2D eigenvalue weighted by Crippen LogP contribution is 2.31. The minimum atomic E-state index is -1.50. The number of amidine groups is 1. The van der Waals surface area contributed by atoms with Crippen LogP contribution in [0, 0.1) is 13.8 Å². The Morgan fingerprint density at radius 2 is 1.65 bits per heavy atom. The maximum Gasteiger partial charge on any atom is 0.264 e. The second-order valence-electron chi connectivity index (χ2n) is 7.46. The summed E-state index contributed by atoms with van der Waals surface area (Å²) in [7, 11) is 0. The number of nitrogens with one attached hydrogen (secondary N) is 1. The van der Waals surface area contributed by atoms with Crippen molar-refractivity contribution >= 4 is 58.1 Å². The topological polar surface area (TPSA) is 127 Å². The van der Waals surface area contributed by atoms with E-state index < -0.39 is 11.9 Å². The first-order valence-corrected chi connectivity index (χ1v) is 11.1. The molecule has 1 amide bonds. The Morgan fingerprint density at radius 3 is 2.24 bits per heavy atom. The molecule has 172 valence electrons. The minimum Gasteiger partial charge on any atom is -0.545 e. The van der Waals surface area contributed by atoms with Crippen molar-refractivity contribution in [3.05, 3.63) is 86.5 Å². The Kier molecular flexibility index (Phi) is 6.32. The summed E-state index contributed by atoms with van der Waals surface area (Å²) in [5.74, 6) is -3.30. The maximum atomic E-state index is 12.5. The average Bonchev–Trinajstić information content (AvgIpc) is 3.27. The van der Waals surface area contributed by atoms with Crippen molar-refractivity contribution in [2.24, 2.45) is 4.99 Å². The number of halogens is 1. The lowest BCUT2D eigenvalue weighted by atomic mass is 10.1. The molecule has 34 heavy (non-hydrogen) atoms. The summed E-state index contributed by atoms with van der Waals surface area (Å²) in [5, 5.41) is 26.5. The maximum absolute atomic E-state index is 12.5. The van der Waals surface area contributed by atoms with Gasteiger partial charge in [-0.05, 0) is 96.9 Å². The Bertz CT molecular complexity index is 1370. The van der Waals surface area contributed by atoms with Gasteiger partial charge in [0, 0.05) is 22.1 Å². The molecule has 8 nitrogen and oxygen atoms in total. The molecule has 2 aromatic carbocycles. The van der Waals surface area contributed by atoms with Crippen LogP contribution in [0.15, 0.2) is 58.4 Å². The zero-order valence-corrected chi connectivity index (χ0v) is 19.5. The third kappa shape index (κ3) is 4.75. The highest BCUT2D eigenvalue weighted by molar-refractivity contribution is 8.18. The van der Waals surface area contributed by atoms with E-state index in [1.54, 1.807) is 48.8 Å². The Hall–Kier alpha value is -3.82. The number of aliphatic imine (C=N–C) groups is 1. The van der Waals surface area contributed by atoms with Crippen molar-refractivity contribution in [1.29, 1.82) is 0 Å². The van der Waals surface area contributed by atoms with Gasteiger partial charge in [-0.1, -0.05) is 11.6 Å². The van der Waals surface area contributed by atoms with Gasteiger partial charge in [0.2, 0.25) is 0 Å². The number of aromatic nitrogens is 1. The van der Waals surface area contributed by atoms with Gasteiger partial charge in [-0.2, -0.15) is 0 Å². The quantitative estimate of drug-likeness (QED) is 0.544. The van der Waals surface area contributed by atoms with Crippen LogP contribution in [0.3, 0.4) is 0 Å².